The molecule has 0 aliphatic carbocycles. The molecule has 1 aromatic heterocycles. The molecule has 0 saturated carbocycles. The Bertz CT molecular complexity index is 679. The number of rotatable bonds is 2. The monoisotopic (exact) mass is 285 g/mol. The van der Waals surface area contributed by atoms with Crippen molar-refractivity contribution in [1.29, 1.82) is 0 Å². The summed E-state index contributed by atoms with van der Waals surface area (Å²) < 4.78 is 0. The minimum absolute atomic E-state index is 0.147. The second-order valence-corrected chi connectivity index (χ2v) is 6.04. The first-order chi connectivity index (χ1) is 9.52. The molecule has 1 aliphatic rings. The van der Waals surface area contributed by atoms with Crippen LogP contribution in [-0.4, -0.2) is 10.9 Å². The zero-order valence-electron chi connectivity index (χ0n) is 11.3. The zero-order valence-corrected chi connectivity index (χ0v) is 12.1. The van der Waals surface area contributed by atoms with E-state index in [1.165, 1.54) is 5.56 Å². The smallest absolute Gasteiger partial charge is 0.245 e. The average molecular weight is 285 g/mol. The lowest BCUT2D eigenvalue weighted by Crippen LogP contribution is -2.19. The van der Waals surface area contributed by atoms with Crippen molar-refractivity contribution in [3.63, 3.8) is 0 Å². The first-order valence-corrected chi connectivity index (χ1v) is 7.18. The fourth-order valence-corrected chi connectivity index (χ4v) is 3.30. The highest BCUT2D eigenvalue weighted by molar-refractivity contribution is 7.99. The van der Waals surface area contributed by atoms with Gasteiger partial charge in [0.1, 0.15) is 11.1 Å². The largest absolute Gasteiger partial charge is 0.324 e. The molecule has 0 bridgehead atoms. The maximum absolute atomic E-state index is 11.5. The number of hydrogen-bond acceptors (Lipinski definition) is 4. The predicted molar refractivity (Wildman–Crippen MR) is 79.8 cm³/mol. The van der Waals surface area contributed by atoms with E-state index in [-0.39, 0.29) is 5.91 Å². The molecule has 1 aliphatic heterocycles. The molecule has 5 heteroatoms. The molecule has 1 unspecified atom stereocenters. The van der Waals surface area contributed by atoms with Crippen LogP contribution in [0, 0.1) is 13.8 Å². The molecule has 1 aromatic carbocycles. The third kappa shape index (κ3) is 2.42. The maximum atomic E-state index is 11.5. The number of nitrogens with one attached hydrogen (secondary N) is 1. The van der Waals surface area contributed by atoms with Gasteiger partial charge in [0.25, 0.3) is 0 Å². The number of pyridine rings is 1. The zero-order chi connectivity index (χ0) is 14.3. The van der Waals surface area contributed by atoms with Crippen LogP contribution in [-0.2, 0) is 4.79 Å². The first kappa shape index (κ1) is 13.1. The molecule has 20 heavy (non-hydrogen) atoms. The van der Waals surface area contributed by atoms with E-state index in [1.807, 2.05) is 31.2 Å². The highest BCUT2D eigenvalue weighted by Crippen LogP contribution is 2.35. The topological polar surface area (TPSA) is 68.0 Å². The van der Waals surface area contributed by atoms with Crippen LogP contribution in [0.5, 0.6) is 0 Å². The molecule has 1 atom stereocenters. The van der Waals surface area contributed by atoms with Crippen molar-refractivity contribution in [2.45, 2.75) is 29.8 Å². The number of nitrogens with two attached hydrogens (primary N) is 1. The summed E-state index contributed by atoms with van der Waals surface area (Å²) in [5.74, 6) is -0.147. The number of hydrogen-bond donors (Lipinski definition) is 2. The van der Waals surface area contributed by atoms with Gasteiger partial charge in [0.2, 0.25) is 5.91 Å². The number of aromatic nitrogens is 1. The Labute approximate surface area is 121 Å². The summed E-state index contributed by atoms with van der Waals surface area (Å²) in [6, 6.07) is 9.38. The Morgan fingerprint density at radius 2 is 2.05 bits per heavy atom. The molecule has 0 spiro atoms. The number of nitrogens with zero attached hydrogens (tertiary/aromatic N) is 1. The van der Waals surface area contributed by atoms with Crippen molar-refractivity contribution in [1.82, 2.24) is 4.98 Å². The minimum atomic E-state index is -0.552. The second-order valence-electron chi connectivity index (χ2n) is 4.94. The van der Waals surface area contributed by atoms with Gasteiger partial charge in [-0.1, -0.05) is 17.8 Å². The van der Waals surface area contributed by atoms with Crippen LogP contribution in [0.4, 0.5) is 5.69 Å². The van der Waals surface area contributed by atoms with Gasteiger partial charge in [-0.05, 0) is 43.7 Å². The van der Waals surface area contributed by atoms with E-state index in [9.17, 15) is 4.79 Å². The summed E-state index contributed by atoms with van der Waals surface area (Å²) in [5, 5.41) is 3.75. The van der Waals surface area contributed by atoms with Gasteiger partial charge in [0.05, 0.1) is 0 Å². The van der Waals surface area contributed by atoms with E-state index in [0.29, 0.717) is 0 Å². The SMILES string of the molecule is Cc1cc(C)nc(Sc2ccc3c(c2)NC(=O)C3N)c1. The Hall–Kier alpha value is -1.85. The Balaban J connectivity index is 1.89. The van der Waals surface area contributed by atoms with Gasteiger partial charge in [-0.3, -0.25) is 4.79 Å². The van der Waals surface area contributed by atoms with Crippen molar-refractivity contribution in [2.75, 3.05) is 5.32 Å². The summed E-state index contributed by atoms with van der Waals surface area (Å²) in [6.07, 6.45) is 0. The molecule has 2 heterocycles. The number of anilines is 1. The number of fused-ring (bicyclic) bond motifs is 1. The molecule has 3 rings (SSSR count). The van der Waals surface area contributed by atoms with Crippen LogP contribution in [0.2, 0.25) is 0 Å². The van der Waals surface area contributed by atoms with Crippen molar-refractivity contribution in [3.05, 3.63) is 47.2 Å². The van der Waals surface area contributed by atoms with Crippen molar-refractivity contribution < 1.29 is 4.79 Å². The summed E-state index contributed by atoms with van der Waals surface area (Å²) >= 11 is 1.58. The Kier molecular flexibility index (Phi) is 3.23. The molecular formula is C15H15N3OS. The Morgan fingerprint density at radius 1 is 1.25 bits per heavy atom. The van der Waals surface area contributed by atoms with Gasteiger partial charge in [0.15, 0.2) is 0 Å². The highest BCUT2D eigenvalue weighted by atomic mass is 32.2. The van der Waals surface area contributed by atoms with Crippen LogP contribution in [0.3, 0.4) is 0 Å². The van der Waals surface area contributed by atoms with E-state index in [0.717, 1.165) is 26.9 Å². The third-order valence-corrected chi connectivity index (χ3v) is 4.10. The van der Waals surface area contributed by atoms with Crippen molar-refractivity contribution in [2.24, 2.45) is 5.73 Å². The third-order valence-electron chi connectivity index (χ3n) is 3.20. The lowest BCUT2D eigenvalue weighted by atomic mass is 10.1. The maximum Gasteiger partial charge on any atom is 0.245 e. The van der Waals surface area contributed by atoms with E-state index < -0.39 is 6.04 Å². The van der Waals surface area contributed by atoms with Crippen LogP contribution in [0.15, 0.2) is 40.3 Å². The number of benzene rings is 1. The van der Waals surface area contributed by atoms with Crippen LogP contribution < -0.4 is 11.1 Å². The van der Waals surface area contributed by atoms with E-state index in [2.05, 4.69) is 23.3 Å². The fraction of sp³-hybridized carbons (Fsp3) is 0.200. The number of amides is 1. The van der Waals surface area contributed by atoms with Crippen molar-refractivity contribution in [3.8, 4) is 0 Å². The van der Waals surface area contributed by atoms with E-state index >= 15 is 0 Å². The van der Waals surface area contributed by atoms with E-state index in [4.69, 9.17) is 5.73 Å². The van der Waals surface area contributed by atoms with Crippen molar-refractivity contribution >= 4 is 23.4 Å². The highest BCUT2D eigenvalue weighted by Gasteiger charge is 2.26. The normalized spacial score (nSPS) is 16.9. The van der Waals surface area contributed by atoms with Gasteiger partial charge in [-0.25, -0.2) is 4.98 Å². The number of aryl methyl sites for hydroxylation is 2. The standard InChI is InChI=1S/C15H15N3OS/c1-8-5-9(2)17-13(6-8)20-10-3-4-11-12(7-10)18-15(19)14(11)16/h3-7,14H,16H2,1-2H3,(H,18,19). The molecule has 4 nitrogen and oxygen atoms in total. The molecule has 0 radical (unpaired) electrons. The number of carbonyl (C=O) groups excluding carboxylic acids is 1. The lowest BCUT2D eigenvalue weighted by Gasteiger charge is -2.06. The molecular weight excluding hydrogens is 270 g/mol. The van der Waals surface area contributed by atoms with Gasteiger partial charge >= 0.3 is 0 Å². The second kappa shape index (κ2) is 4.92. The molecule has 3 N–H and O–H groups in total. The van der Waals surface area contributed by atoms with Crippen LogP contribution in [0.1, 0.15) is 22.9 Å². The minimum Gasteiger partial charge on any atom is -0.324 e. The van der Waals surface area contributed by atoms with E-state index in [1.54, 1.807) is 11.8 Å². The quantitative estimate of drug-likeness (QED) is 0.890. The van der Waals surface area contributed by atoms with Gasteiger partial charge in [-0.2, -0.15) is 0 Å². The molecule has 2 aromatic rings. The summed E-state index contributed by atoms with van der Waals surface area (Å²) in [5.41, 5.74) is 9.65. The van der Waals surface area contributed by atoms with Crippen LogP contribution >= 0.6 is 11.8 Å². The summed E-state index contributed by atoms with van der Waals surface area (Å²) in [4.78, 5) is 17.1. The summed E-state index contributed by atoms with van der Waals surface area (Å²) in [7, 11) is 0. The number of carbonyl (C=O) groups is 1. The summed E-state index contributed by atoms with van der Waals surface area (Å²) in [6.45, 7) is 4.04. The molecule has 1 amide bonds. The lowest BCUT2D eigenvalue weighted by molar-refractivity contribution is -0.116. The van der Waals surface area contributed by atoms with Gasteiger partial charge < -0.3 is 11.1 Å². The molecule has 0 saturated heterocycles. The fourth-order valence-electron chi connectivity index (χ4n) is 2.31. The molecule has 102 valence electrons. The van der Waals surface area contributed by atoms with Gasteiger partial charge in [-0.15, -0.1) is 0 Å². The van der Waals surface area contributed by atoms with Gasteiger partial charge in [0, 0.05) is 21.8 Å². The molecule has 0 fully saturated rings. The Morgan fingerprint density at radius 3 is 2.80 bits per heavy atom. The first-order valence-electron chi connectivity index (χ1n) is 6.36. The predicted octanol–water partition coefficient (Wildman–Crippen LogP) is 2.80. The average Bonchev–Trinajstić information content (AvgIpc) is 2.63. The van der Waals surface area contributed by atoms with Crippen LogP contribution in [0.25, 0.3) is 0 Å².